The number of rotatable bonds is 8. The minimum Gasteiger partial charge on any atom is -0.497 e. The van der Waals surface area contributed by atoms with Crippen LogP contribution < -0.4 is 4.74 Å². The molecule has 8 heteroatoms. The molecule has 0 aromatic heterocycles. The number of likely N-dealkylation sites (tertiary alicyclic amines) is 1. The number of benzene rings is 3. The Morgan fingerprint density at radius 1 is 0.946 bits per heavy atom. The van der Waals surface area contributed by atoms with Crippen LogP contribution in [-0.2, 0) is 24.1 Å². The van der Waals surface area contributed by atoms with E-state index in [9.17, 15) is 22.4 Å². The van der Waals surface area contributed by atoms with Gasteiger partial charge in [-0.25, -0.2) is 4.39 Å². The van der Waals surface area contributed by atoms with Crippen molar-refractivity contribution in [2.45, 2.75) is 32.1 Å². The van der Waals surface area contributed by atoms with Gasteiger partial charge in [0.25, 0.3) is 0 Å². The molecule has 0 aliphatic carbocycles. The van der Waals surface area contributed by atoms with Gasteiger partial charge in [0.2, 0.25) is 5.91 Å². The molecule has 0 N–H and O–H groups in total. The summed E-state index contributed by atoms with van der Waals surface area (Å²) in [5, 5.41) is 0. The van der Waals surface area contributed by atoms with E-state index in [1.54, 1.807) is 24.1 Å². The van der Waals surface area contributed by atoms with Gasteiger partial charge in [-0.05, 0) is 59.0 Å². The highest BCUT2D eigenvalue weighted by atomic mass is 19.4. The van der Waals surface area contributed by atoms with Crippen molar-refractivity contribution < 1.29 is 27.1 Å². The molecular weight excluding hydrogens is 484 g/mol. The normalized spacial score (nSPS) is 18.1. The average molecular weight is 515 g/mol. The number of hydrogen-bond donors (Lipinski definition) is 0. The van der Waals surface area contributed by atoms with Crippen LogP contribution in [0.15, 0.2) is 72.8 Å². The van der Waals surface area contributed by atoms with E-state index in [-0.39, 0.29) is 23.6 Å². The van der Waals surface area contributed by atoms with Gasteiger partial charge in [0, 0.05) is 45.6 Å². The predicted octanol–water partition coefficient (Wildman–Crippen LogP) is 6.12. The first kappa shape index (κ1) is 26.7. The lowest BCUT2D eigenvalue weighted by Gasteiger charge is -2.28. The number of halogens is 4. The quantitative estimate of drug-likeness (QED) is 0.340. The van der Waals surface area contributed by atoms with Gasteiger partial charge < -0.3 is 9.64 Å². The van der Waals surface area contributed by atoms with Crippen molar-refractivity contribution in [1.29, 1.82) is 0 Å². The van der Waals surface area contributed by atoms with Crippen molar-refractivity contribution in [2.24, 2.45) is 5.92 Å². The van der Waals surface area contributed by atoms with Crippen LogP contribution in [0.25, 0.3) is 0 Å². The molecule has 2 atom stereocenters. The number of carbonyl (C=O) groups excluding carboxylic acids is 1. The minimum atomic E-state index is -4.36. The Morgan fingerprint density at radius 3 is 2.14 bits per heavy atom. The van der Waals surface area contributed by atoms with E-state index in [1.807, 2.05) is 24.3 Å². The van der Waals surface area contributed by atoms with Crippen LogP contribution in [-0.4, -0.2) is 42.5 Å². The number of nitrogens with zero attached hydrogens (tertiary/aromatic N) is 2. The van der Waals surface area contributed by atoms with E-state index in [2.05, 4.69) is 4.90 Å². The Labute approximate surface area is 214 Å². The van der Waals surface area contributed by atoms with Gasteiger partial charge in [-0.1, -0.05) is 36.4 Å². The number of carbonyl (C=O) groups is 1. The van der Waals surface area contributed by atoms with Crippen molar-refractivity contribution in [1.82, 2.24) is 9.80 Å². The van der Waals surface area contributed by atoms with E-state index in [0.29, 0.717) is 32.7 Å². The molecule has 1 saturated heterocycles. The van der Waals surface area contributed by atoms with Crippen molar-refractivity contribution >= 4 is 5.91 Å². The first-order valence-corrected chi connectivity index (χ1v) is 12.1. The fourth-order valence-electron chi connectivity index (χ4n) is 4.96. The fourth-order valence-corrected chi connectivity index (χ4v) is 4.96. The van der Waals surface area contributed by atoms with E-state index < -0.39 is 11.7 Å². The predicted molar refractivity (Wildman–Crippen MR) is 133 cm³/mol. The maximum absolute atomic E-state index is 13.4. The fraction of sp³-hybridized carbons (Fsp3) is 0.345. The Bertz CT molecular complexity index is 1180. The number of hydrogen-bond acceptors (Lipinski definition) is 3. The second-order valence-corrected chi connectivity index (χ2v) is 9.55. The summed E-state index contributed by atoms with van der Waals surface area (Å²) in [6, 6.07) is 19.3. The van der Waals surface area contributed by atoms with Gasteiger partial charge >= 0.3 is 6.18 Å². The van der Waals surface area contributed by atoms with E-state index in [1.165, 1.54) is 31.2 Å². The summed E-state index contributed by atoms with van der Waals surface area (Å²) in [6.07, 6.45) is -4.36. The summed E-state index contributed by atoms with van der Waals surface area (Å²) in [5.41, 5.74) is 2.10. The molecule has 0 spiro atoms. The highest BCUT2D eigenvalue weighted by molar-refractivity contribution is 5.73. The maximum Gasteiger partial charge on any atom is 0.416 e. The Hall–Kier alpha value is -3.39. The number of methoxy groups -OCH3 is 1. The molecule has 0 bridgehead atoms. The first-order valence-electron chi connectivity index (χ1n) is 12.1. The van der Waals surface area contributed by atoms with Crippen LogP contribution in [0.4, 0.5) is 17.6 Å². The van der Waals surface area contributed by atoms with Crippen molar-refractivity contribution in [3.8, 4) is 5.75 Å². The van der Waals surface area contributed by atoms with E-state index >= 15 is 0 Å². The molecule has 196 valence electrons. The average Bonchev–Trinajstić information content (AvgIpc) is 3.26. The summed E-state index contributed by atoms with van der Waals surface area (Å²) < 4.78 is 57.5. The molecule has 3 aromatic carbocycles. The SMILES string of the molecule is COc1ccc([C@H]2CN(Cc3ccc(C(F)(F)F)cc3)C[C@@H]2CN(Cc2ccc(F)cc2)C(C)=O)cc1. The smallest absolute Gasteiger partial charge is 0.416 e. The Balaban J connectivity index is 1.53. The lowest BCUT2D eigenvalue weighted by atomic mass is 9.88. The molecule has 0 saturated carbocycles. The highest BCUT2D eigenvalue weighted by Gasteiger charge is 2.36. The van der Waals surface area contributed by atoms with Gasteiger partial charge in [0.05, 0.1) is 12.7 Å². The van der Waals surface area contributed by atoms with Crippen LogP contribution in [0.2, 0.25) is 0 Å². The number of alkyl halides is 3. The molecule has 1 heterocycles. The topological polar surface area (TPSA) is 32.8 Å². The molecular formula is C29H30F4N2O2. The highest BCUT2D eigenvalue weighted by Crippen LogP contribution is 2.36. The van der Waals surface area contributed by atoms with Crippen molar-refractivity contribution in [3.05, 3.63) is 101 Å². The van der Waals surface area contributed by atoms with Gasteiger partial charge in [0.1, 0.15) is 11.6 Å². The van der Waals surface area contributed by atoms with Crippen LogP contribution in [0, 0.1) is 11.7 Å². The molecule has 0 radical (unpaired) electrons. The molecule has 4 rings (SSSR count). The monoisotopic (exact) mass is 514 g/mol. The third kappa shape index (κ3) is 6.89. The third-order valence-corrected chi connectivity index (χ3v) is 6.93. The number of amides is 1. The minimum absolute atomic E-state index is 0.0704. The summed E-state index contributed by atoms with van der Waals surface area (Å²) in [5.74, 6) is 0.579. The second kappa shape index (κ2) is 11.3. The molecule has 1 aliphatic rings. The molecule has 1 aliphatic heterocycles. The summed E-state index contributed by atoms with van der Waals surface area (Å²) in [6.45, 7) is 4.32. The van der Waals surface area contributed by atoms with Crippen LogP contribution >= 0.6 is 0 Å². The van der Waals surface area contributed by atoms with Gasteiger partial charge in [-0.3, -0.25) is 9.69 Å². The third-order valence-electron chi connectivity index (χ3n) is 6.93. The standard InChI is InChI=1S/C29H30F4N2O2/c1-20(36)35(16-22-5-11-26(30)12-6-22)18-24-17-34(15-21-3-9-25(10-4-21)29(31,32)33)19-28(24)23-7-13-27(37-2)14-8-23/h3-14,24,28H,15-19H2,1-2H3/t24-,28-/m1/s1. The number of ether oxygens (including phenoxy) is 1. The van der Waals surface area contributed by atoms with E-state index in [4.69, 9.17) is 4.74 Å². The first-order chi connectivity index (χ1) is 17.6. The lowest BCUT2D eigenvalue weighted by Crippen LogP contribution is -2.35. The van der Waals surface area contributed by atoms with Gasteiger partial charge in [-0.15, -0.1) is 0 Å². The van der Waals surface area contributed by atoms with Crippen LogP contribution in [0.5, 0.6) is 5.75 Å². The molecule has 0 unspecified atom stereocenters. The largest absolute Gasteiger partial charge is 0.497 e. The van der Waals surface area contributed by atoms with Gasteiger partial charge in [0.15, 0.2) is 0 Å². The summed E-state index contributed by atoms with van der Waals surface area (Å²) >= 11 is 0. The zero-order valence-electron chi connectivity index (χ0n) is 20.8. The molecule has 1 amide bonds. The van der Waals surface area contributed by atoms with Crippen LogP contribution in [0.3, 0.4) is 0 Å². The van der Waals surface area contributed by atoms with Crippen molar-refractivity contribution in [3.63, 3.8) is 0 Å². The zero-order chi connectivity index (χ0) is 26.6. The summed E-state index contributed by atoms with van der Waals surface area (Å²) in [4.78, 5) is 16.5. The molecule has 37 heavy (non-hydrogen) atoms. The molecule has 3 aromatic rings. The zero-order valence-corrected chi connectivity index (χ0v) is 20.8. The molecule has 1 fully saturated rings. The Kier molecular flexibility index (Phi) is 8.17. The van der Waals surface area contributed by atoms with Crippen LogP contribution in [0.1, 0.15) is 35.1 Å². The van der Waals surface area contributed by atoms with Crippen molar-refractivity contribution in [2.75, 3.05) is 26.7 Å². The van der Waals surface area contributed by atoms with E-state index in [0.717, 1.165) is 34.6 Å². The maximum atomic E-state index is 13.4. The Morgan fingerprint density at radius 2 is 1.57 bits per heavy atom. The molecule has 4 nitrogen and oxygen atoms in total. The second-order valence-electron chi connectivity index (χ2n) is 9.55. The lowest BCUT2D eigenvalue weighted by molar-refractivity contribution is -0.137. The summed E-state index contributed by atoms with van der Waals surface area (Å²) in [7, 11) is 1.61. The van der Waals surface area contributed by atoms with Gasteiger partial charge in [-0.2, -0.15) is 13.2 Å².